The molecule has 20 heavy (non-hydrogen) atoms. The minimum atomic E-state index is -4.56. The summed E-state index contributed by atoms with van der Waals surface area (Å²) in [5.74, 6) is -1.16. The number of rotatable bonds is 2. The first-order valence-corrected chi connectivity index (χ1v) is 5.41. The van der Waals surface area contributed by atoms with Crippen molar-refractivity contribution >= 4 is 5.69 Å². The van der Waals surface area contributed by atoms with E-state index in [-0.39, 0.29) is 11.1 Å². The van der Waals surface area contributed by atoms with Gasteiger partial charge in [-0.1, -0.05) is 24.3 Å². The van der Waals surface area contributed by atoms with Crippen LogP contribution in [-0.2, 0) is 6.18 Å². The van der Waals surface area contributed by atoms with Crippen molar-refractivity contribution in [1.29, 1.82) is 0 Å². The maximum absolute atomic E-state index is 13.9. The van der Waals surface area contributed by atoms with E-state index in [4.69, 9.17) is 0 Å². The summed E-state index contributed by atoms with van der Waals surface area (Å²) in [5.41, 5.74) is -2.04. The Hall–Kier alpha value is -2.44. The van der Waals surface area contributed by atoms with Gasteiger partial charge in [0.1, 0.15) is 0 Å². The lowest BCUT2D eigenvalue weighted by molar-refractivity contribution is -0.387. The molecule has 2 aromatic carbocycles. The number of nitro groups is 1. The van der Waals surface area contributed by atoms with E-state index in [0.717, 1.165) is 24.3 Å². The molecule has 7 heteroatoms. The summed E-state index contributed by atoms with van der Waals surface area (Å²) < 4.78 is 51.7. The average molecular weight is 285 g/mol. The summed E-state index contributed by atoms with van der Waals surface area (Å²) in [6.07, 6.45) is -4.56. The fraction of sp³-hybridized carbons (Fsp3) is 0.0769. The van der Waals surface area contributed by atoms with Gasteiger partial charge in [-0.15, -0.1) is 0 Å². The summed E-state index contributed by atoms with van der Waals surface area (Å²) in [4.78, 5) is 9.69. The minimum Gasteiger partial charge on any atom is -0.258 e. The average Bonchev–Trinajstić information content (AvgIpc) is 2.38. The van der Waals surface area contributed by atoms with Crippen molar-refractivity contribution in [3.63, 3.8) is 0 Å². The number of nitro benzene ring substituents is 1. The van der Waals surface area contributed by atoms with Crippen LogP contribution in [0.25, 0.3) is 11.1 Å². The standard InChI is InChI=1S/C13H7F4NO2/c14-12-10(5-2-6-11(12)18(19)20)8-3-1-4-9(7-8)13(15,16)17/h1-7H. The van der Waals surface area contributed by atoms with Crippen LogP contribution in [0.1, 0.15) is 5.56 Å². The summed E-state index contributed by atoms with van der Waals surface area (Å²) in [6.45, 7) is 0. The number of nitrogens with zero attached hydrogens (tertiary/aromatic N) is 1. The maximum atomic E-state index is 13.9. The Morgan fingerprint density at radius 3 is 2.30 bits per heavy atom. The van der Waals surface area contributed by atoms with Gasteiger partial charge in [0.15, 0.2) is 0 Å². The minimum absolute atomic E-state index is 0.0685. The van der Waals surface area contributed by atoms with Gasteiger partial charge in [0.05, 0.1) is 10.5 Å². The predicted molar refractivity (Wildman–Crippen MR) is 63.5 cm³/mol. The zero-order valence-corrected chi connectivity index (χ0v) is 9.82. The highest BCUT2D eigenvalue weighted by atomic mass is 19.4. The monoisotopic (exact) mass is 285 g/mol. The van der Waals surface area contributed by atoms with E-state index >= 15 is 0 Å². The molecule has 0 aliphatic rings. The summed E-state index contributed by atoms with van der Waals surface area (Å²) >= 11 is 0. The number of benzene rings is 2. The molecule has 0 radical (unpaired) electrons. The topological polar surface area (TPSA) is 43.1 Å². The van der Waals surface area contributed by atoms with Gasteiger partial charge in [-0.25, -0.2) is 0 Å². The molecule has 0 amide bonds. The van der Waals surface area contributed by atoms with Crippen LogP contribution in [0.15, 0.2) is 42.5 Å². The molecule has 2 rings (SSSR count). The van der Waals surface area contributed by atoms with Gasteiger partial charge in [0.25, 0.3) is 0 Å². The van der Waals surface area contributed by atoms with Crippen molar-refractivity contribution in [3.8, 4) is 11.1 Å². The molecule has 0 aromatic heterocycles. The molecule has 0 saturated heterocycles. The normalized spacial score (nSPS) is 11.4. The first kappa shape index (κ1) is 14.0. The van der Waals surface area contributed by atoms with E-state index in [0.29, 0.717) is 0 Å². The largest absolute Gasteiger partial charge is 0.416 e. The van der Waals surface area contributed by atoms with Crippen molar-refractivity contribution < 1.29 is 22.5 Å². The lowest BCUT2D eigenvalue weighted by Crippen LogP contribution is -2.04. The summed E-state index contributed by atoms with van der Waals surface area (Å²) in [5, 5.41) is 10.6. The van der Waals surface area contributed by atoms with Crippen molar-refractivity contribution in [2.24, 2.45) is 0 Å². The molecule has 0 heterocycles. The third-order valence-electron chi connectivity index (χ3n) is 2.68. The van der Waals surface area contributed by atoms with Crippen LogP contribution < -0.4 is 0 Å². The van der Waals surface area contributed by atoms with Gasteiger partial charge in [0, 0.05) is 11.6 Å². The van der Waals surface area contributed by atoms with Crippen LogP contribution >= 0.6 is 0 Å². The Kier molecular flexibility index (Phi) is 3.44. The van der Waals surface area contributed by atoms with Crippen LogP contribution in [0.4, 0.5) is 23.2 Å². The predicted octanol–water partition coefficient (Wildman–Crippen LogP) is 4.42. The Bertz CT molecular complexity index is 668. The highest BCUT2D eigenvalue weighted by molar-refractivity contribution is 5.68. The van der Waals surface area contributed by atoms with Crippen LogP contribution in [0.5, 0.6) is 0 Å². The quantitative estimate of drug-likeness (QED) is 0.465. The van der Waals surface area contributed by atoms with E-state index < -0.39 is 28.2 Å². The zero-order chi connectivity index (χ0) is 14.9. The second kappa shape index (κ2) is 4.92. The number of alkyl halides is 3. The molecule has 0 aliphatic heterocycles. The fourth-order valence-corrected chi connectivity index (χ4v) is 1.75. The van der Waals surface area contributed by atoms with Gasteiger partial charge in [0.2, 0.25) is 5.82 Å². The van der Waals surface area contributed by atoms with Gasteiger partial charge in [-0.3, -0.25) is 10.1 Å². The van der Waals surface area contributed by atoms with Crippen LogP contribution in [-0.4, -0.2) is 4.92 Å². The molecule has 104 valence electrons. The van der Waals surface area contributed by atoms with Crippen molar-refractivity contribution in [1.82, 2.24) is 0 Å². The molecular formula is C13H7F4NO2. The van der Waals surface area contributed by atoms with Gasteiger partial charge < -0.3 is 0 Å². The smallest absolute Gasteiger partial charge is 0.258 e. The molecule has 0 spiro atoms. The number of halogens is 4. The molecule has 0 N–H and O–H groups in total. The molecule has 3 nitrogen and oxygen atoms in total. The maximum Gasteiger partial charge on any atom is 0.416 e. The lowest BCUT2D eigenvalue weighted by Gasteiger charge is -2.09. The number of hydrogen-bond acceptors (Lipinski definition) is 2. The van der Waals surface area contributed by atoms with Crippen molar-refractivity contribution in [3.05, 3.63) is 64.0 Å². The Labute approximate surface area is 110 Å². The molecule has 0 saturated carbocycles. The summed E-state index contributed by atoms with van der Waals surface area (Å²) in [6, 6.07) is 7.34. The SMILES string of the molecule is O=[N+]([O-])c1cccc(-c2cccc(C(F)(F)F)c2)c1F. The molecule has 0 unspecified atom stereocenters. The molecule has 0 fully saturated rings. The third kappa shape index (κ3) is 2.61. The first-order valence-electron chi connectivity index (χ1n) is 5.41. The fourth-order valence-electron chi connectivity index (χ4n) is 1.75. The third-order valence-corrected chi connectivity index (χ3v) is 2.68. The van der Waals surface area contributed by atoms with Gasteiger partial charge in [-0.05, 0) is 17.7 Å². The Balaban J connectivity index is 2.58. The molecule has 0 aliphatic carbocycles. The van der Waals surface area contributed by atoms with E-state index in [9.17, 15) is 27.7 Å². The van der Waals surface area contributed by atoms with Gasteiger partial charge >= 0.3 is 11.9 Å². The Morgan fingerprint density at radius 2 is 1.70 bits per heavy atom. The van der Waals surface area contributed by atoms with Crippen molar-refractivity contribution in [2.75, 3.05) is 0 Å². The lowest BCUT2D eigenvalue weighted by atomic mass is 10.0. The highest BCUT2D eigenvalue weighted by Crippen LogP contribution is 2.34. The molecular weight excluding hydrogens is 278 g/mol. The number of hydrogen-bond donors (Lipinski definition) is 0. The molecule has 0 bridgehead atoms. The highest BCUT2D eigenvalue weighted by Gasteiger charge is 2.31. The second-order valence-electron chi connectivity index (χ2n) is 3.97. The first-order chi connectivity index (χ1) is 9.30. The second-order valence-corrected chi connectivity index (χ2v) is 3.97. The van der Waals surface area contributed by atoms with Crippen LogP contribution in [0, 0.1) is 15.9 Å². The van der Waals surface area contributed by atoms with Gasteiger partial charge in [-0.2, -0.15) is 17.6 Å². The van der Waals surface area contributed by atoms with Crippen LogP contribution in [0.2, 0.25) is 0 Å². The van der Waals surface area contributed by atoms with Crippen molar-refractivity contribution in [2.45, 2.75) is 6.18 Å². The van der Waals surface area contributed by atoms with E-state index in [2.05, 4.69) is 0 Å². The Morgan fingerprint density at radius 1 is 1.05 bits per heavy atom. The van der Waals surface area contributed by atoms with E-state index in [1.165, 1.54) is 18.2 Å². The van der Waals surface area contributed by atoms with E-state index in [1.54, 1.807) is 0 Å². The van der Waals surface area contributed by atoms with E-state index in [1.807, 2.05) is 0 Å². The van der Waals surface area contributed by atoms with Crippen LogP contribution in [0.3, 0.4) is 0 Å². The zero-order valence-electron chi connectivity index (χ0n) is 9.82. The molecule has 2 aromatic rings. The summed E-state index contributed by atoms with van der Waals surface area (Å²) in [7, 11) is 0. The molecule has 0 atom stereocenters.